The number of aromatic amines is 1. The van der Waals surface area contributed by atoms with Crippen LogP contribution in [-0.2, 0) is 22.6 Å². The van der Waals surface area contributed by atoms with E-state index < -0.39 is 6.29 Å². The van der Waals surface area contributed by atoms with Crippen molar-refractivity contribution in [1.29, 1.82) is 0 Å². The molecule has 10 heteroatoms. The Kier molecular flexibility index (Phi) is 8.51. The van der Waals surface area contributed by atoms with Gasteiger partial charge in [-0.1, -0.05) is 104 Å². The molecule has 0 saturated carbocycles. The number of thioether (sulfide) groups is 1. The number of nitrogens with zero attached hydrogens (tertiary/aromatic N) is 3. The van der Waals surface area contributed by atoms with E-state index in [2.05, 4.69) is 22.1 Å². The van der Waals surface area contributed by atoms with Gasteiger partial charge >= 0.3 is 0 Å². The lowest BCUT2D eigenvalue weighted by atomic mass is 9.91. The third-order valence-corrected chi connectivity index (χ3v) is 9.58. The van der Waals surface area contributed by atoms with E-state index in [4.69, 9.17) is 9.47 Å². The second kappa shape index (κ2) is 13.0. The van der Waals surface area contributed by atoms with E-state index in [1.54, 1.807) is 36.0 Å². The molecule has 5 aromatic rings. The summed E-state index contributed by atoms with van der Waals surface area (Å²) in [7, 11) is 0. The number of rotatable bonds is 9. The number of aromatic nitrogens is 3. The number of nitrogens with one attached hydrogen (secondary N) is 1. The van der Waals surface area contributed by atoms with Crippen molar-refractivity contribution in [2.75, 3.05) is 5.75 Å². The van der Waals surface area contributed by atoms with Gasteiger partial charge in [0.05, 0.1) is 36.5 Å². The number of aliphatic hydroxyl groups is 1. The molecule has 0 aliphatic carbocycles. The first-order chi connectivity index (χ1) is 22.5. The van der Waals surface area contributed by atoms with Crippen molar-refractivity contribution >= 4 is 23.6 Å². The number of carbonyl (C=O) groups excluding carboxylic acids is 2. The normalized spacial score (nSPS) is 21.0. The summed E-state index contributed by atoms with van der Waals surface area (Å²) in [5, 5.41) is 17.1. The maximum absolute atomic E-state index is 13.1. The molecular weight excluding hydrogens is 600 g/mol. The number of hydrogen-bond acceptors (Lipinski definition) is 8. The number of aliphatic hydroxyl groups excluding tert-OH is 1. The highest BCUT2D eigenvalue weighted by Gasteiger charge is 2.39. The first kappa shape index (κ1) is 30.1. The molecule has 4 aromatic carbocycles. The summed E-state index contributed by atoms with van der Waals surface area (Å²) in [6, 6.07) is 30.6. The highest BCUT2D eigenvalue weighted by molar-refractivity contribution is 7.99. The molecule has 1 saturated heterocycles. The van der Waals surface area contributed by atoms with Gasteiger partial charge in [-0.25, -0.2) is 4.98 Å². The summed E-state index contributed by atoms with van der Waals surface area (Å²) in [6.45, 7) is 2.29. The predicted molar refractivity (Wildman–Crippen MR) is 173 cm³/mol. The molecule has 232 valence electrons. The molecule has 9 nitrogen and oxygen atoms in total. The lowest BCUT2D eigenvalue weighted by Gasteiger charge is -2.41. The SMILES string of the molecule is C[C@H]1[C@@H](CSc2ncn[nH]2)O[C@@H](c2ccc(-c3ccccc3CN3C(=O)c4ccccc4C3=O)cc2)O[C@H]1c1ccc(CO)cc1. The Balaban J connectivity index is 1.13. The van der Waals surface area contributed by atoms with Crippen LogP contribution in [0, 0.1) is 5.92 Å². The fourth-order valence-corrected chi connectivity index (χ4v) is 6.99. The van der Waals surface area contributed by atoms with E-state index in [1.165, 1.54) is 11.2 Å². The van der Waals surface area contributed by atoms with Crippen molar-refractivity contribution in [2.24, 2.45) is 5.92 Å². The molecule has 0 unspecified atom stereocenters. The van der Waals surface area contributed by atoms with Gasteiger partial charge in [0.25, 0.3) is 11.8 Å². The van der Waals surface area contributed by atoms with Crippen LogP contribution in [0.2, 0.25) is 0 Å². The van der Waals surface area contributed by atoms with Crippen molar-refractivity contribution in [3.05, 3.63) is 137 Å². The Morgan fingerprint density at radius 3 is 2.13 bits per heavy atom. The molecule has 2 aliphatic heterocycles. The second-order valence-corrected chi connectivity index (χ2v) is 12.5. The lowest BCUT2D eigenvalue weighted by Crippen LogP contribution is -2.38. The summed E-state index contributed by atoms with van der Waals surface area (Å²) in [5.74, 6) is 0.149. The molecule has 2 aliphatic rings. The van der Waals surface area contributed by atoms with Crippen LogP contribution in [0.15, 0.2) is 109 Å². The summed E-state index contributed by atoms with van der Waals surface area (Å²) >= 11 is 1.55. The number of hydrogen-bond donors (Lipinski definition) is 2. The number of imide groups is 1. The predicted octanol–water partition coefficient (Wildman–Crippen LogP) is 6.34. The van der Waals surface area contributed by atoms with Crippen LogP contribution in [0.25, 0.3) is 11.1 Å². The van der Waals surface area contributed by atoms with Crippen LogP contribution in [-0.4, -0.2) is 48.9 Å². The minimum absolute atomic E-state index is 0.0166. The summed E-state index contributed by atoms with van der Waals surface area (Å²) in [5.41, 5.74) is 6.39. The number of amides is 2. The van der Waals surface area contributed by atoms with Gasteiger partial charge in [-0.15, -0.1) is 0 Å². The Hall–Kier alpha value is -4.61. The molecule has 1 fully saturated rings. The van der Waals surface area contributed by atoms with Gasteiger partial charge in [-0.2, -0.15) is 5.10 Å². The van der Waals surface area contributed by atoms with Crippen molar-refractivity contribution in [2.45, 2.75) is 43.7 Å². The smallest absolute Gasteiger partial charge is 0.261 e. The lowest BCUT2D eigenvalue weighted by molar-refractivity contribution is -0.268. The molecule has 2 amide bonds. The second-order valence-electron chi connectivity index (χ2n) is 11.4. The van der Waals surface area contributed by atoms with Crippen LogP contribution in [0.5, 0.6) is 0 Å². The van der Waals surface area contributed by atoms with E-state index in [0.717, 1.165) is 38.5 Å². The quantitative estimate of drug-likeness (QED) is 0.143. The zero-order chi connectivity index (χ0) is 31.6. The van der Waals surface area contributed by atoms with Gasteiger partial charge in [0.15, 0.2) is 11.4 Å². The van der Waals surface area contributed by atoms with Gasteiger partial charge < -0.3 is 14.6 Å². The Labute approximate surface area is 270 Å². The Morgan fingerprint density at radius 1 is 0.826 bits per heavy atom. The number of ether oxygens (including phenoxy) is 2. The van der Waals surface area contributed by atoms with Crippen LogP contribution in [0.3, 0.4) is 0 Å². The molecule has 1 aromatic heterocycles. The Bertz CT molecular complexity index is 1810. The van der Waals surface area contributed by atoms with Gasteiger partial charge in [-0.05, 0) is 39.9 Å². The van der Waals surface area contributed by atoms with Gasteiger partial charge in [-0.3, -0.25) is 19.6 Å². The highest BCUT2D eigenvalue weighted by Crippen LogP contribution is 2.43. The summed E-state index contributed by atoms with van der Waals surface area (Å²) in [4.78, 5) is 31.7. The molecular formula is C36H32N4O5S. The van der Waals surface area contributed by atoms with Crippen LogP contribution >= 0.6 is 11.8 Å². The van der Waals surface area contributed by atoms with E-state index in [-0.39, 0.29) is 43.1 Å². The number of fused-ring (bicyclic) bond motifs is 1. The minimum atomic E-state index is -0.610. The monoisotopic (exact) mass is 632 g/mol. The topological polar surface area (TPSA) is 118 Å². The van der Waals surface area contributed by atoms with Gasteiger partial charge in [0.2, 0.25) is 0 Å². The van der Waals surface area contributed by atoms with Crippen molar-refractivity contribution in [3.8, 4) is 11.1 Å². The van der Waals surface area contributed by atoms with Crippen molar-refractivity contribution in [3.63, 3.8) is 0 Å². The van der Waals surface area contributed by atoms with Gasteiger partial charge in [0.1, 0.15) is 6.33 Å². The van der Waals surface area contributed by atoms with Crippen LogP contribution < -0.4 is 0 Å². The zero-order valence-electron chi connectivity index (χ0n) is 25.1. The van der Waals surface area contributed by atoms with E-state index in [0.29, 0.717) is 16.9 Å². The number of benzene rings is 4. The minimum Gasteiger partial charge on any atom is -0.392 e. The summed E-state index contributed by atoms with van der Waals surface area (Å²) in [6.07, 6.45) is 0.509. The molecule has 46 heavy (non-hydrogen) atoms. The van der Waals surface area contributed by atoms with E-state index >= 15 is 0 Å². The largest absolute Gasteiger partial charge is 0.392 e. The molecule has 2 N–H and O–H groups in total. The molecule has 0 radical (unpaired) electrons. The van der Waals surface area contributed by atoms with Gasteiger partial charge in [0, 0.05) is 17.2 Å². The summed E-state index contributed by atoms with van der Waals surface area (Å²) < 4.78 is 13.2. The first-order valence-corrected chi connectivity index (χ1v) is 16.1. The fourth-order valence-electron chi connectivity index (χ4n) is 6.05. The number of carbonyl (C=O) groups is 2. The van der Waals surface area contributed by atoms with Crippen LogP contribution in [0.1, 0.15) is 62.3 Å². The standard InChI is InChI=1S/C36H32N4O5S/c1-22-31(20-46-36-37-21-38-39-36)44-35(45-32(22)25-12-10-23(19-41)11-13-25)26-16-14-24(15-17-26)28-7-3-2-6-27(28)18-40-33(42)29-8-4-5-9-30(29)34(40)43/h2-17,21-22,31-32,35,41H,18-20H2,1H3,(H,37,38,39)/t22-,31+,32+,35+/m0/s1. The fraction of sp³-hybridized carbons (Fsp3) is 0.222. The average Bonchev–Trinajstić information content (AvgIpc) is 3.71. The maximum Gasteiger partial charge on any atom is 0.261 e. The first-order valence-electron chi connectivity index (χ1n) is 15.1. The van der Waals surface area contributed by atoms with Crippen molar-refractivity contribution in [1.82, 2.24) is 20.1 Å². The molecule has 0 spiro atoms. The average molecular weight is 633 g/mol. The molecule has 3 heterocycles. The maximum atomic E-state index is 13.1. The number of H-pyrrole nitrogens is 1. The highest BCUT2D eigenvalue weighted by atomic mass is 32.2. The third kappa shape index (κ3) is 5.88. The van der Waals surface area contributed by atoms with Crippen LogP contribution in [0.4, 0.5) is 0 Å². The van der Waals surface area contributed by atoms with Crippen molar-refractivity contribution < 1.29 is 24.2 Å². The van der Waals surface area contributed by atoms with E-state index in [9.17, 15) is 14.7 Å². The molecule has 4 atom stereocenters. The Morgan fingerprint density at radius 2 is 1.48 bits per heavy atom. The third-order valence-electron chi connectivity index (χ3n) is 8.62. The zero-order valence-corrected chi connectivity index (χ0v) is 25.9. The molecule has 7 rings (SSSR count). The molecule has 0 bridgehead atoms. The van der Waals surface area contributed by atoms with E-state index in [1.807, 2.05) is 72.8 Å².